The van der Waals surface area contributed by atoms with Crippen LogP contribution in [0.2, 0.25) is 0 Å². The Kier molecular flexibility index (Phi) is 7.56. The maximum absolute atomic E-state index is 6.15. The van der Waals surface area contributed by atoms with E-state index in [9.17, 15) is 0 Å². The number of hydrogen-bond acceptors (Lipinski definition) is 3. The van der Waals surface area contributed by atoms with Gasteiger partial charge in [-0.1, -0.05) is 13.0 Å². The van der Waals surface area contributed by atoms with Gasteiger partial charge in [-0.2, -0.15) is 0 Å². The molecule has 1 aliphatic heterocycles. The van der Waals surface area contributed by atoms with Crippen LogP contribution in [-0.4, -0.2) is 38.0 Å². The first-order valence-electron chi connectivity index (χ1n) is 7.35. The first-order valence-corrected chi connectivity index (χ1v) is 7.35. The van der Waals surface area contributed by atoms with Gasteiger partial charge < -0.3 is 14.8 Å². The molecule has 1 N–H and O–H groups in total. The Balaban J connectivity index is 2.70. The molecular weight excluding hydrogens is 226 g/mol. The first kappa shape index (κ1) is 15.7. The lowest BCUT2D eigenvalue weighted by Gasteiger charge is -2.43. The third-order valence-corrected chi connectivity index (χ3v) is 3.71. The van der Waals surface area contributed by atoms with Crippen LogP contribution in [0.3, 0.4) is 0 Å². The molecule has 0 aromatic rings. The largest absolute Gasteiger partial charge is 0.381 e. The van der Waals surface area contributed by atoms with Gasteiger partial charge in [0.2, 0.25) is 0 Å². The van der Waals surface area contributed by atoms with Crippen molar-refractivity contribution in [2.45, 2.75) is 57.6 Å². The van der Waals surface area contributed by atoms with E-state index in [4.69, 9.17) is 9.47 Å². The van der Waals surface area contributed by atoms with E-state index in [1.165, 1.54) is 0 Å². The normalized spacial score (nSPS) is 20.6. The first-order chi connectivity index (χ1) is 8.79. The molecule has 0 bridgehead atoms. The highest BCUT2D eigenvalue weighted by Gasteiger charge is 2.40. The molecule has 1 unspecified atom stereocenters. The van der Waals surface area contributed by atoms with Gasteiger partial charge >= 0.3 is 0 Å². The number of allylic oxidation sites excluding steroid dienone is 1. The van der Waals surface area contributed by atoms with Crippen molar-refractivity contribution in [2.24, 2.45) is 0 Å². The molecule has 18 heavy (non-hydrogen) atoms. The second-order valence-electron chi connectivity index (χ2n) is 4.98. The zero-order valence-corrected chi connectivity index (χ0v) is 12.0. The van der Waals surface area contributed by atoms with Gasteiger partial charge in [0.25, 0.3) is 0 Å². The van der Waals surface area contributed by atoms with Crippen LogP contribution in [0.4, 0.5) is 0 Å². The molecule has 0 radical (unpaired) electrons. The molecule has 0 saturated carbocycles. The topological polar surface area (TPSA) is 30.5 Å². The zero-order chi connectivity index (χ0) is 13.3. The van der Waals surface area contributed by atoms with Gasteiger partial charge in [-0.25, -0.2) is 0 Å². The van der Waals surface area contributed by atoms with Gasteiger partial charge in [-0.15, -0.1) is 6.58 Å². The fourth-order valence-electron chi connectivity index (χ4n) is 2.75. The fourth-order valence-corrected chi connectivity index (χ4v) is 2.75. The molecule has 1 saturated heterocycles. The average molecular weight is 255 g/mol. The molecule has 3 nitrogen and oxygen atoms in total. The van der Waals surface area contributed by atoms with Crippen LogP contribution >= 0.6 is 0 Å². The van der Waals surface area contributed by atoms with E-state index in [1.807, 2.05) is 6.08 Å². The summed E-state index contributed by atoms with van der Waals surface area (Å²) >= 11 is 0. The van der Waals surface area contributed by atoms with E-state index in [0.717, 1.165) is 58.5 Å². The highest BCUT2D eigenvalue weighted by atomic mass is 16.5. The lowest BCUT2D eigenvalue weighted by atomic mass is 9.83. The van der Waals surface area contributed by atoms with Gasteiger partial charge in [0.15, 0.2) is 0 Å². The Bertz CT molecular complexity index is 219. The maximum atomic E-state index is 6.15. The van der Waals surface area contributed by atoms with Crippen molar-refractivity contribution in [3.8, 4) is 0 Å². The Morgan fingerprint density at radius 2 is 2.11 bits per heavy atom. The molecule has 106 valence electrons. The van der Waals surface area contributed by atoms with Crippen LogP contribution in [0.15, 0.2) is 12.7 Å². The summed E-state index contributed by atoms with van der Waals surface area (Å²) in [4.78, 5) is 0. The van der Waals surface area contributed by atoms with Crippen LogP contribution in [-0.2, 0) is 9.47 Å². The minimum Gasteiger partial charge on any atom is -0.381 e. The quantitative estimate of drug-likeness (QED) is 0.643. The van der Waals surface area contributed by atoms with E-state index < -0.39 is 0 Å². The van der Waals surface area contributed by atoms with Crippen LogP contribution in [0, 0.1) is 0 Å². The summed E-state index contributed by atoms with van der Waals surface area (Å²) in [5.74, 6) is 0. The molecule has 1 heterocycles. The summed E-state index contributed by atoms with van der Waals surface area (Å²) in [5.41, 5.74) is -0.0365. The summed E-state index contributed by atoms with van der Waals surface area (Å²) in [6, 6.07) is 0.416. The van der Waals surface area contributed by atoms with Crippen molar-refractivity contribution in [1.82, 2.24) is 5.32 Å². The van der Waals surface area contributed by atoms with E-state index in [2.05, 4.69) is 25.7 Å². The molecule has 0 aromatic heterocycles. The molecule has 3 heteroatoms. The Morgan fingerprint density at radius 3 is 2.67 bits per heavy atom. The monoisotopic (exact) mass is 255 g/mol. The second-order valence-corrected chi connectivity index (χ2v) is 4.98. The van der Waals surface area contributed by atoms with E-state index in [1.54, 1.807) is 0 Å². The predicted octanol–water partition coefficient (Wildman–Crippen LogP) is 2.91. The smallest absolute Gasteiger partial charge is 0.0878 e. The standard InChI is InChI=1S/C15H29NO2/c1-4-7-8-14(16-11-5-2)15(18-6-3)9-12-17-13-10-15/h4,14,16H,1,5-13H2,2-3H3. The van der Waals surface area contributed by atoms with Crippen LogP contribution in [0.25, 0.3) is 0 Å². The van der Waals surface area contributed by atoms with E-state index in [-0.39, 0.29) is 5.60 Å². The molecule has 1 fully saturated rings. The third kappa shape index (κ3) is 4.38. The van der Waals surface area contributed by atoms with Gasteiger partial charge in [0.1, 0.15) is 0 Å². The van der Waals surface area contributed by atoms with Crippen molar-refractivity contribution >= 4 is 0 Å². The van der Waals surface area contributed by atoms with Crippen molar-refractivity contribution in [3.63, 3.8) is 0 Å². The lowest BCUT2D eigenvalue weighted by Crippen LogP contribution is -2.55. The number of hydrogen-bond donors (Lipinski definition) is 1. The molecule has 0 amide bonds. The van der Waals surface area contributed by atoms with Crippen LogP contribution in [0.1, 0.15) is 46.0 Å². The Morgan fingerprint density at radius 1 is 1.39 bits per heavy atom. The van der Waals surface area contributed by atoms with Gasteiger partial charge in [-0.3, -0.25) is 0 Å². The minimum atomic E-state index is -0.0365. The predicted molar refractivity (Wildman–Crippen MR) is 75.9 cm³/mol. The SMILES string of the molecule is C=CCCC(NCCC)C1(OCC)CCOCC1. The summed E-state index contributed by atoms with van der Waals surface area (Å²) in [7, 11) is 0. The minimum absolute atomic E-state index is 0.0365. The summed E-state index contributed by atoms with van der Waals surface area (Å²) < 4.78 is 11.7. The Labute approximate surface area is 112 Å². The molecule has 0 aliphatic carbocycles. The van der Waals surface area contributed by atoms with Crippen LogP contribution < -0.4 is 5.32 Å². The van der Waals surface area contributed by atoms with Crippen molar-refractivity contribution in [1.29, 1.82) is 0 Å². The third-order valence-electron chi connectivity index (χ3n) is 3.71. The molecular formula is C15H29NO2. The Hall–Kier alpha value is -0.380. The molecule has 0 spiro atoms. The summed E-state index contributed by atoms with van der Waals surface area (Å²) in [6.45, 7) is 11.6. The average Bonchev–Trinajstić information content (AvgIpc) is 2.40. The second kappa shape index (κ2) is 8.68. The molecule has 1 aliphatic rings. The number of ether oxygens (including phenoxy) is 2. The highest BCUT2D eigenvalue weighted by Crippen LogP contribution is 2.31. The molecule has 1 rings (SSSR count). The summed E-state index contributed by atoms with van der Waals surface area (Å²) in [6.07, 6.45) is 7.29. The van der Waals surface area contributed by atoms with Crippen molar-refractivity contribution in [2.75, 3.05) is 26.4 Å². The molecule has 0 aromatic carbocycles. The maximum Gasteiger partial charge on any atom is 0.0878 e. The number of nitrogens with one attached hydrogen (secondary N) is 1. The van der Waals surface area contributed by atoms with Gasteiger partial charge in [0, 0.05) is 38.7 Å². The summed E-state index contributed by atoms with van der Waals surface area (Å²) in [5, 5.41) is 3.67. The van der Waals surface area contributed by atoms with Gasteiger partial charge in [-0.05, 0) is 32.7 Å². The molecule has 1 atom stereocenters. The van der Waals surface area contributed by atoms with Crippen LogP contribution in [0.5, 0.6) is 0 Å². The van der Waals surface area contributed by atoms with Crippen molar-refractivity contribution in [3.05, 3.63) is 12.7 Å². The highest BCUT2D eigenvalue weighted by molar-refractivity contribution is 4.96. The van der Waals surface area contributed by atoms with E-state index in [0.29, 0.717) is 6.04 Å². The fraction of sp³-hybridized carbons (Fsp3) is 0.867. The van der Waals surface area contributed by atoms with E-state index >= 15 is 0 Å². The van der Waals surface area contributed by atoms with Crippen molar-refractivity contribution < 1.29 is 9.47 Å². The van der Waals surface area contributed by atoms with Gasteiger partial charge in [0.05, 0.1) is 5.60 Å². The lowest BCUT2D eigenvalue weighted by molar-refractivity contribution is -0.127. The zero-order valence-electron chi connectivity index (χ0n) is 12.0. The number of rotatable bonds is 9.